The third kappa shape index (κ3) is 2.25. The number of nitrogens with zero attached hydrogens (tertiary/aromatic N) is 1. The highest BCUT2D eigenvalue weighted by molar-refractivity contribution is 4.87. The van der Waals surface area contributed by atoms with Gasteiger partial charge in [0.05, 0.1) is 24.4 Å². The van der Waals surface area contributed by atoms with E-state index in [0.717, 1.165) is 26.1 Å². The van der Waals surface area contributed by atoms with E-state index in [2.05, 4.69) is 4.90 Å². The highest BCUT2D eigenvalue weighted by atomic mass is 16.5. The molecule has 3 saturated heterocycles. The molecule has 92 valence electrons. The lowest BCUT2D eigenvalue weighted by molar-refractivity contribution is -0.0567. The quantitative estimate of drug-likeness (QED) is 0.754. The van der Waals surface area contributed by atoms with E-state index in [4.69, 9.17) is 15.2 Å². The fraction of sp³-hybridized carbons (Fsp3) is 1.00. The maximum absolute atomic E-state index is 5.90. The zero-order chi connectivity index (χ0) is 11.0. The molecule has 4 heteroatoms. The lowest BCUT2D eigenvalue weighted by Crippen LogP contribution is -2.45. The Bertz CT molecular complexity index is 237. The molecular formula is C12H22N2O2. The molecule has 16 heavy (non-hydrogen) atoms. The van der Waals surface area contributed by atoms with E-state index < -0.39 is 0 Å². The third-order valence-corrected chi connectivity index (χ3v) is 4.04. The number of morpholine rings is 1. The van der Waals surface area contributed by atoms with Gasteiger partial charge in [0.1, 0.15) is 0 Å². The molecule has 0 spiro atoms. The van der Waals surface area contributed by atoms with Gasteiger partial charge in [0, 0.05) is 26.2 Å². The first-order valence-corrected chi connectivity index (χ1v) is 6.57. The molecule has 0 aromatic rings. The topological polar surface area (TPSA) is 47.7 Å². The average Bonchev–Trinajstić information content (AvgIpc) is 2.86. The van der Waals surface area contributed by atoms with Crippen molar-refractivity contribution in [2.75, 3.05) is 26.2 Å². The molecule has 0 aromatic carbocycles. The Kier molecular flexibility index (Phi) is 3.16. The molecular weight excluding hydrogens is 204 g/mol. The summed E-state index contributed by atoms with van der Waals surface area (Å²) in [5.41, 5.74) is 5.62. The number of hydrogen-bond acceptors (Lipinski definition) is 4. The van der Waals surface area contributed by atoms with E-state index in [1.54, 1.807) is 0 Å². The first-order chi connectivity index (χ1) is 7.83. The van der Waals surface area contributed by atoms with Crippen LogP contribution in [0, 0.1) is 0 Å². The maximum Gasteiger partial charge on any atom is 0.0707 e. The molecule has 3 aliphatic heterocycles. The van der Waals surface area contributed by atoms with E-state index in [1.807, 2.05) is 0 Å². The minimum absolute atomic E-state index is 0.308. The summed E-state index contributed by atoms with van der Waals surface area (Å²) in [4.78, 5) is 2.52. The van der Waals surface area contributed by atoms with E-state index in [0.29, 0.717) is 31.0 Å². The number of likely N-dealkylation sites (tertiary alicyclic amines) is 1. The highest BCUT2D eigenvalue weighted by Gasteiger charge is 2.35. The summed E-state index contributed by atoms with van der Waals surface area (Å²) in [6.07, 6.45) is 6.51. The predicted molar refractivity (Wildman–Crippen MR) is 61.3 cm³/mol. The van der Waals surface area contributed by atoms with Gasteiger partial charge < -0.3 is 15.2 Å². The molecule has 4 atom stereocenters. The summed E-state index contributed by atoms with van der Waals surface area (Å²) < 4.78 is 11.7. The highest BCUT2D eigenvalue weighted by Crippen LogP contribution is 2.28. The molecule has 4 nitrogen and oxygen atoms in total. The van der Waals surface area contributed by atoms with Crippen molar-refractivity contribution in [1.82, 2.24) is 4.90 Å². The van der Waals surface area contributed by atoms with Crippen LogP contribution >= 0.6 is 0 Å². The SMILES string of the molecule is NCC1CCC(CN2CC3CCC(C2)O3)O1. The Hall–Kier alpha value is -0.160. The van der Waals surface area contributed by atoms with Crippen LogP contribution in [0.1, 0.15) is 25.7 Å². The molecule has 0 aliphatic carbocycles. The van der Waals surface area contributed by atoms with Crippen LogP contribution in [0.3, 0.4) is 0 Å². The van der Waals surface area contributed by atoms with Gasteiger partial charge in [-0.2, -0.15) is 0 Å². The monoisotopic (exact) mass is 226 g/mol. The number of nitrogens with two attached hydrogens (primary N) is 1. The molecule has 0 amide bonds. The zero-order valence-electron chi connectivity index (χ0n) is 9.81. The van der Waals surface area contributed by atoms with Crippen molar-refractivity contribution < 1.29 is 9.47 Å². The molecule has 0 saturated carbocycles. The second-order valence-electron chi connectivity index (χ2n) is 5.37. The molecule has 0 radical (unpaired) electrons. The Morgan fingerprint density at radius 2 is 1.62 bits per heavy atom. The number of ether oxygens (including phenoxy) is 2. The van der Waals surface area contributed by atoms with E-state index >= 15 is 0 Å². The van der Waals surface area contributed by atoms with Crippen molar-refractivity contribution in [3.63, 3.8) is 0 Å². The minimum Gasteiger partial charge on any atom is -0.372 e. The fourth-order valence-electron chi connectivity index (χ4n) is 3.22. The van der Waals surface area contributed by atoms with Gasteiger partial charge in [-0.25, -0.2) is 0 Å². The van der Waals surface area contributed by atoms with E-state index in [-0.39, 0.29) is 0 Å². The largest absolute Gasteiger partial charge is 0.372 e. The lowest BCUT2D eigenvalue weighted by Gasteiger charge is -2.33. The van der Waals surface area contributed by atoms with Gasteiger partial charge in [0.2, 0.25) is 0 Å². The first kappa shape index (κ1) is 11.0. The van der Waals surface area contributed by atoms with Gasteiger partial charge in [0.25, 0.3) is 0 Å². The molecule has 3 aliphatic rings. The van der Waals surface area contributed by atoms with E-state index in [9.17, 15) is 0 Å². The summed E-state index contributed by atoms with van der Waals surface area (Å²) in [5, 5.41) is 0. The van der Waals surface area contributed by atoms with Gasteiger partial charge in [-0.3, -0.25) is 4.90 Å². The number of fused-ring (bicyclic) bond motifs is 2. The minimum atomic E-state index is 0.308. The fourth-order valence-corrected chi connectivity index (χ4v) is 3.22. The lowest BCUT2D eigenvalue weighted by atomic mass is 10.2. The zero-order valence-corrected chi connectivity index (χ0v) is 9.81. The first-order valence-electron chi connectivity index (χ1n) is 6.57. The van der Waals surface area contributed by atoms with E-state index in [1.165, 1.54) is 19.3 Å². The van der Waals surface area contributed by atoms with Crippen molar-refractivity contribution in [3.05, 3.63) is 0 Å². The third-order valence-electron chi connectivity index (χ3n) is 4.04. The molecule has 3 rings (SSSR count). The number of rotatable bonds is 3. The van der Waals surface area contributed by atoms with Crippen LogP contribution in [0.15, 0.2) is 0 Å². The predicted octanol–water partition coefficient (Wildman–Crippen LogP) is 0.356. The molecule has 3 fully saturated rings. The Morgan fingerprint density at radius 1 is 0.938 bits per heavy atom. The van der Waals surface area contributed by atoms with Gasteiger partial charge >= 0.3 is 0 Å². The normalized spacial score (nSPS) is 44.1. The van der Waals surface area contributed by atoms with Crippen LogP contribution in [-0.4, -0.2) is 55.5 Å². The summed E-state index contributed by atoms with van der Waals surface area (Å²) >= 11 is 0. The van der Waals surface area contributed by atoms with Gasteiger partial charge in [-0.05, 0) is 25.7 Å². The second kappa shape index (κ2) is 4.61. The van der Waals surface area contributed by atoms with Crippen molar-refractivity contribution in [3.8, 4) is 0 Å². The standard InChI is InChI=1S/C12H22N2O2/c13-5-9-1-2-10(15-9)6-14-7-11-3-4-12(8-14)16-11/h9-12H,1-8,13H2. The van der Waals surface area contributed by atoms with Gasteiger partial charge in [-0.15, -0.1) is 0 Å². The number of hydrogen-bond donors (Lipinski definition) is 1. The summed E-state index contributed by atoms with van der Waals surface area (Å²) in [7, 11) is 0. The van der Waals surface area contributed by atoms with Crippen LogP contribution in [0.2, 0.25) is 0 Å². The van der Waals surface area contributed by atoms with Crippen molar-refractivity contribution in [2.45, 2.75) is 50.1 Å². The van der Waals surface area contributed by atoms with Gasteiger partial charge in [0.15, 0.2) is 0 Å². The van der Waals surface area contributed by atoms with Crippen LogP contribution in [0.5, 0.6) is 0 Å². The van der Waals surface area contributed by atoms with Crippen LogP contribution in [0.4, 0.5) is 0 Å². The second-order valence-corrected chi connectivity index (χ2v) is 5.37. The Morgan fingerprint density at radius 3 is 2.25 bits per heavy atom. The summed E-state index contributed by atoms with van der Waals surface area (Å²) in [6, 6.07) is 0. The summed E-state index contributed by atoms with van der Waals surface area (Å²) in [6.45, 7) is 3.95. The van der Waals surface area contributed by atoms with Crippen LogP contribution in [0.25, 0.3) is 0 Å². The van der Waals surface area contributed by atoms with Crippen molar-refractivity contribution in [1.29, 1.82) is 0 Å². The van der Waals surface area contributed by atoms with Crippen LogP contribution < -0.4 is 5.73 Å². The molecule has 4 unspecified atom stereocenters. The summed E-state index contributed by atoms with van der Waals surface area (Å²) in [5.74, 6) is 0. The van der Waals surface area contributed by atoms with Crippen molar-refractivity contribution >= 4 is 0 Å². The van der Waals surface area contributed by atoms with Gasteiger partial charge in [-0.1, -0.05) is 0 Å². The van der Waals surface area contributed by atoms with Crippen LogP contribution in [-0.2, 0) is 9.47 Å². The molecule has 2 bridgehead atoms. The smallest absolute Gasteiger partial charge is 0.0707 e. The molecule has 0 aromatic heterocycles. The Labute approximate surface area is 97.1 Å². The molecule has 3 heterocycles. The average molecular weight is 226 g/mol. The Balaban J connectivity index is 1.48. The van der Waals surface area contributed by atoms with Crippen molar-refractivity contribution in [2.24, 2.45) is 5.73 Å². The maximum atomic E-state index is 5.90. The molecule has 2 N–H and O–H groups in total.